The minimum atomic E-state index is -0.950. The summed E-state index contributed by atoms with van der Waals surface area (Å²) in [5.41, 5.74) is 1.09. The number of nitrogens with one attached hydrogen (secondary N) is 1. The van der Waals surface area contributed by atoms with Gasteiger partial charge in [-0.05, 0) is 25.1 Å². The Morgan fingerprint density at radius 2 is 1.70 bits per heavy atom. The summed E-state index contributed by atoms with van der Waals surface area (Å²) in [4.78, 5) is 0. The molecular weight excluding hydrogens is 287 g/mol. The van der Waals surface area contributed by atoms with Crippen LogP contribution in [0.15, 0.2) is 30.3 Å². The number of benzene rings is 2. The zero-order valence-corrected chi connectivity index (χ0v) is 11.7. The molecule has 0 saturated heterocycles. The van der Waals surface area contributed by atoms with Crippen molar-refractivity contribution in [1.82, 2.24) is 5.32 Å². The fourth-order valence-electron chi connectivity index (χ4n) is 2.18. The third kappa shape index (κ3) is 2.67. The molecule has 1 N–H and O–H groups in total. The third-order valence-electron chi connectivity index (χ3n) is 3.15. The molecule has 0 aliphatic carbocycles. The van der Waals surface area contributed by atoms with Gasteiger partial charge in [0.1, 0.15) is 17.5 Å². The van der Waals surface area contributed by atoms with Gasteiger partial charge in [0.15, 0.2) is 0 Å². The molecule has 20 heavy (non-hydrogen) atoms. The largest absolute Gasteiger partial charge is 0.309 e. The van der Waals surface area contributed by atoms with Crippen LogP contribution >= 0.6 is 11.6 Å². The zero-order valence-electron chi connectivity index (χ0n) is 11.0. The molecule has 1 atom stereocenters. The van der Waals surface area contributed by atoms with Crippen LogP contribution in [0.1, 0.15) is 22.7 Å². The summed E-state index contributed by atoms with van der Waals surface area (Å²) in [6.07, 6.45) is 0. The Bertz CT molecular complexity index is 620. The van der Waals surface area contributed by atoms with Gasteiger partial charge < -0.3 is 5.32 Å². The summed E-state index contributed by atoms with van der Waals surface area (Å²) in [5.74, 6) is -2.84. The van der Waals surface area contributed by atoms with Crippen LogP contribution in [0.3, 0.4) is 0 Å². The summed E-state index contributed by atoms with van der Waals surface area (Å²) in [6.45, 7) is 1.80. The summed E-state index contributed by atoms with van der Waals surface area (Å²) < 4.78 is 40.8. The molecule has 0 bridgehead atoms. The quantitative estimate of drug-likeness (QED) is 0.887. The Labute approximate surface area is 120 Å². The van der Waals surface area contributed by atoms with Crippen molar-refractivity contribution in [1.29, 1.82) is 0 Å². The monoisotopic (exact) mass is 299 g/mol. The Morgan fingerprint density at radius 1 is 1.10 bits per heavy atom. The maximum absolute atomic E-state index is 13.9. The Balaban J connectivity index is 2.62. The summed E-state index contributed by atoms with van der Waals surface area (Å²) in [6, 6.07) is 5.76. The van der Waals surface area contributed by atoms with Crippen LogP contribution in [0, 0.1) is 24.4 Å². The van der Waals surface area contributed by atoms with Gasteiger partial charge in [0, 0.05) is 22.7 Å². The van der Waals surface area contributed by atoms with Gasteiger partial charge in [0.05, 0.1) is 6.04 Å². The Kier molecular flexibility index (Phi) is 4.35. The zero-order chi connectivity index (χ0) is 14.9. The van der Waals surface area contributed by atoms with E-state index in [9.17, 15) is 13.2 Å². The van der Waals surface area contributed by atoms with Crippen molar-refractivity contribution in [2.24, 2.45) is 0 Å². The maximum atomic E-state index is 13.9. The Morgan fingerprint density at radius 3 is 2.25 bits per heavy atom. The van der Waals surface area contributed by atoms with Gasteiger partial charge in [-0.2, -0.15) is 0 Å². The van der Waals surface area contributed by atoms with Crippen LogP contribution < -0.4 is 5.32 Å². The molecule has 0 radical (unpaired) electrons. The van der Waals surface area contributed by atoms with E-state index in [1.807, 2.05) is 0 Å². The van der Waals surface area contributed by atoms with E-state index in [0.29, 0.717) is 22.7 Å². The highest BCUT2D eigenvalue weighted by Gasteiger charge is 2.23. The first-order chi connectivity index (χ1) is 9.45. The topological polar surface area (TPSA) is 12.0 Å². The van der Waals surface area contributed by atoms with Gasteiger partial charge >= 0.3 is 0 Å². The number of aryl methyl sites for hydroxylation is 1. The third-order valence-corrected chi connectivity index (χ3v) is 3.67. The van der Waals surface area contributed by atoms with Crippen molar-refractivity contribution < 1.29 is 13.2 Å². The fourth-order valence-corrected chi connectivity index (χ4v) is 2.41. The normalized spacial score (nSPS) is 12.5. The fraction of sp³-hybridized carbons (Fsp3) is 0.200. The SMILES string of the molecule is CNC(c1cccc(C)c1Cl)c1c(F)cc(F)cc1F. The lowest BCUT2D eigenvalue weighted by atomic mass is 9.96. The molecule has 2 aromatic rings. The van der Waals surface area contributed by atoms with Crippen LogP contribution in [0.5, 0.6) is 0 Å². The average molecular weight is 300 g/mol. The standard InChI is InChI=1S/C15H13ClF3N/c1-8-4-3-5-10(14(8)16)15(20-2)13-11(18)6-9(17)7-12(13)19/h3-7,15,20H,1-2H3. The summed E-state index contributed by atoms with van der Waals surface area (Å²) in [7, 11) is 1.56. The summed E-state index contributed by atoms with van der Waals surface area (Å²) in [5, 5.41) is 3.24. The number of hydrogen-bond donors (Lipinski definition) is 1. The van der Waals surface area contributed by atoms with E-state index in [2.05, 4.69) is 5.32 Å². The van der Waals surface area contributed by atoms with Crippen molar-refractivity contribution in [3.8, 4) is 0 Å². The molecule has 106 valence electrons. The lowest BCUT2D eigenvalue weighted by molar-refractivity contribution is 0.500. The predicted octanol–water partition coefficient (Wildman–Crippen LogP) is 4.37. The lowest BCUT2D eigenvalue weighted by Crippen LogP contribution is -2.21. The number of rotatable bonds is 3. The molecule has 5 heteroatoms. The van der Waals surface area contributed by atoms with Crippen LogP contribution in [0.4, 0.5) is 13.2 Å². The molecule has 0 saturated carbocycles. The second-order valence-electron chi connectivity index (χ2n) is 4.48. The molecule has 2 rings (SSSR count). The highest BCUT2D eigenvalue weighted by atomic mass is 35.5. The van der Waals surface area contributed by atoms with E-state index in [1.54, 1.807) is 32.2 Å². The lowest BCUT2D eigenvalue weighted by Gasteiger charge is -2.20. The van der Waals surface area contributed by atoms with E-state index >= 15 is 0 Å². The highest BCUT2D eigenvalue weighted by molar-refractivity contribution is 6.32. The molecule has 0 heterocycles. The highest BCUT2D eigenvalue weighted by Crippen LogP contribution is 2.33. The van der Waals surface area contributed by atoms with Gasteiger partial charge in [0.2, 0.25) is 0 Å². The van der Waals surface area contributed by atoms with Crippen LogP contribution in [0.25, 0.3) is 0 Å². The molecule has 1 unspecified atom stereocenters. The molecule has 2 aromatic carbocycles. The van der Waals surface area contributed by atoms with Crippen LogP contribution in [0.2, 0.25) is 5.02 Å². The molecule has 0 amide bonds. The van der Waals surface area contributed by atoms with Crippen molar-refractivity contribution in [3.05, 3.63) is 69.5 Å². The van der Waals surface area contributed by atoms with Gasteiger partial charge in [0.25, 0.3) is 0 Å². The Hall–Kier alpha value is -1.52. The van der Waals surface area contributed by atoms with E-state index in [-0.39, 0.29) is 5.56 Å². The average Bonchev–Trinajstić information content (AvgIpc) is 2.37. The van der Waals surface area contributed by atoms with Crippen molar-refractivity contribution in [2.75, 3.05) is 7.05 Å². The van der Waals surface area contributed by atoms with Gasteiger partial charge in [-0.25, -0.2) is 13.2 Å². The second kappa shape index (κ2) is 5.85. The first kappa shape index (κ1) is 14.9. The first-order valence-electron chi connectivity index (χ1n) is 6.02. The molecular formula is C15H13ClF3N. The molecule has 0 aliphatic heterocycles. The van der Waals surface area contributed by atoms with E-state index in [0.717, 1.165) is 5.56 Å². The van der Waals surface area contributed by atoms with Gasteiger partial charge in [-0.1, -0.05) is 29.8 Å². The first-order valence-corrected chi connectivity index (χ1v) is 6.40. The maximum Gasteiger partial charge on any atom is 0.134 e. The van der Waals surface area contributed by atoms with Gasteiger partial charge in [-0.3, -0.25) is 0 Å². The number of hydrogen-bond acceptors (Lipinski definition) is 1. The van der Waals surface area contributed by atoms with Crippen molar-refractivity contribution >= 4 is 11.6 Å². The number of halogens is 4. The molecule has 0 spiro atoms. The van der Waals surface area contributed by atoms with Crippen molar-refractivity contribution in [3.63, 3.8) is 0 Å². The van der Waals surface area contributed by atoms with E-state index in [4.69, 9.17) is 11.6 Å². The van der Waals surface area contributed by atoms with Gasteiger partial charge in [-0.15, -0.1) is 0 Å². The van der Waals surface area contributed by atoms with E-state index < -0.39 is 23.5 Å². The van der Waals surface area contributed by atoms with Crippen molar-refractivity contribution in [2.45, 2.75) is 13.0 Å². The smallest absolute Gasteiger partial charge is 0.134 e. The minimum absolute atomic E-state index is 0.249. The van der Waals surface area contributed by atoms with E-state index in [1.165, 1.54) is 0 Å². The molecule has 0 fully saturated rings. The van der Waals surface area contributed by atoms with Crippen LogP contribution in [-0.4, -0.2) is 7.05 Å². The molecule has 0 aliphatic rings. The molecule has 0 aromatic heterocycles. The molecule has 1 nitrogen and oxygen atoms in total. The summed E-state index contributed by atoms with van der Waals surface area (Å²) >= 11 is 6.19. The van der Waals surface area contributed by atoms with Crippen LogP contribution in [-0.2, 0) is 0 Å². The second-order valence-corrected chi connectivity index (χ2v) is 4.86. The predicted molar refractivity (Wildman–Crippen MR) is 73.4 cm³/mol. The minimum Gasteiger partial charge on any atom is -0.309 e.